The van der Waals surface area contributed by atoms with Crippen molar-refractivity contribution >= 4 is 17.2 Å². The molecular weight excluding hydrogens is 204 g/mol. The molecule has 1 aliphatic heterocycles. The van der Waals surface area contributed by atoms with E-state index in [1.165, 1.54) is 32.5 Å². The minimum absolute atomic E-state index is 0.842. The lowest BCUT2D eigenvalue weighted by Gasteiger charge is -2.35. The second-order valence-corrected chi connectivity index (χ2v) is 5.47. The zero-order chi connectivity index (χ0) is 11.3. The van der Waals surface area contributed by atoms with Crippen molar-refractivity contribution in [3.63, 3.8) is 0 Å². The molecule has 0 saturated carbocycles. The number of nitrogens with zero attached hydrogens (tertiary/aromatic N) is 2. The summed E-state index contributed by atoms with van der Waals surface area (Å²) in [5, 5.41) is 0. The van der Waals surface area contributed by atoms with Crippen molar-refractivity contribution in [1.82, 2.24) is 9.80 Å². The van der Waals surface area contributed by atoms with E-state index in [4.69, 9.17) is 12.2 Å². The number of hydrogen-bond donors (Lipinski definition) is 0. The number of piperazine rings is 1. The van der Waals surface area contributed by atoms with Crippen LogP contribution in [0.3, 0.4) is 0 Å². The Bertz CT molecular complexity index is 196. The highest BCUT2D eigenvalue weighted by Gasteiger charge is 2.16. The van der Waals surface area contributed by atoms with Crippen molar-refractivity contribution in [2.45, 2.75) is 33.6 Å². The first-order valence-corrected chi connectivity index (χ1v) is 6.48. The summed E-state index contributed by atoms with van der Waals surface area (Å²) in [6.45, 7) is 12.5. The summed E-state index contributed by atoms with van der Waals surface area (Å²) in [5.74, 6) is 0.842. The first kappa shape index (κ1) is 12.9. The van der Waals surface area contributed by atoms with E-state index in [0.717, 1.165) is 24.0 Å². The van der Waals surface area contributed by atoms with Gasteiger partial charge in [0.25, 0.3) is 0 Å². The molecule has 0 aromatic heterocycles. The monoisotopic (exact) mass is 228 g/mol. The van der Waals surface area contributed by atoms with Gasteiger partial charge in [-0.1, -0.05) is 26.1 Å². The van der Waals surface area contributed by atoms with E-state index in [0.29, 0.717) is 0 Å². The predicted molar refractivity (Wildman–Crippen MR) is 70.4 cm³/mol. The molecule has 1 heterocycles. The van der Waals surface area contributed by atoms with Crippen LogP contribution in [0.5, 0.6) is 0 Å². The summed E-state index contributed by atoms with van der Waals surface area (Å²) >= 11 is 5.18. The number of thiocarbonyl (C=S) groups is 1. The molecule has 0 radical (unpaired) electrons. The fraction of sp³-hybridized carbons (Fsp3) is 0.917. The molecule has 2 nitrogen and oxygen atoms in total. The highest BCUT2D eigenvalue weighted by atomic mass is 32.1. The van der Waals surface area contributed by atoms with Gasteiger partial charge in [-0.3, -0.25) is 4.90 Å². The maximum absolute atomic E-state index is 5.18. The summed E-state index contributed by atoms with van der Waals surface area (Å²) < 4.78 is 0. The van der Waals surface area contributed by atoms with E-state index in [9.17, 15) is 0 Å². The Balaban J connectivity index is 2.12. The van der Waals surface area contributed by atoms with E-state index in [1.54, 1.807) is 0 Å². The standard InChI is InChI=1S/C12H24N2S/c1-11(2)5-4-6-13-7-9-14(10-8-13)12(3)15/h11H,4-10H2,1-3H3. The van der Waals surface area contributed by atoms with Gasteiger partial charge < -0.3 is 4.90 Å². The molecule has 0 atom stereocenters. The van der Waals surface area contributed by atoms with Gasteiger partial charge in [0.05, 0.1) is 4.99 Å². The lowest BCUT2D eigenvalue weighted by atomic mass is 10.1. The lowest BCUT2D eigenvalue weighted by Crippen LogP contribution is -2.47. The summed E-state index contributed by atoms with van der Waals surface area (Å²) in [6.07, 6.45) is 2.70. The van der Waals surface area contributed by atoms with Crippen LogP contribution in [0.1, 0.15) is 33.6 Å². The van der Waals surface area contributed by atoms with Gasteiger partial charge in [-0.2, -0.15) is 0 Å². The molecule has 0 unspecified atom stereocenters. The third-order valence-corrected chi connectivity index (χ3v) is 3.33. The van der Waals surface area contributed by atoms with Crippen molar-refractivity contribution in [2.24, 2.45) is 5.92 Å². The molecule has 1 saturated heterocycles. The van der Waals surface area contributed by atoms with Crippen LogP contribution in [-0.4, -0.2) is 47.5 Å². The van der Waals surface area contributed by atoms with Gasteiger partial charge in [-0.05, 0) is 32.2 Å². The molecule has 1 fully saturated rings. The summed E-state index contributed by atoms with van der Waals surface area (Å²) in [6, 6.07) is 0. The Morgan fingerprint density at radius 1 is 1.20 bits per heavy atom. The summed E-state index contributed by atoms with van der Waals surface area (Å²) in [5.41, 5.74) is 0. The topological polar surface area (TPSA) is 6.48 Å². The Hall–Kier alpha value is -0.150. The number of hydrogen-bond acceptors (Lipinski definition) is 2. The minimum atomic E-state index is 0.842. The van der Waals surface area contributed by atoms with E-state index in [2.05, 4.69) is 23.6 Å². The van der Waals surface area contributed by atoms with Gasteiger partial charge in [0.15, 0.2) is 0 Å². The number of rotatable bonds is 4. The van der Waals surface area contributed by atoms with Gasteiger partial charge in [0, 0.05) is 26.2 Å². The van der Waals surface area contributed by atoms with E-state index >= 15 is 0 Å². The largest absolute Gasteiger partial charge is 0.364 e. The molecule has 0 N–H and O–H groups in total. The Morgan fingerprint density at radius 2 is 1.80 bits per heavy atom. The SMILES string of the molecule is CC(=S)N1CCN(CCCC(C)C)CC1. The third kappa shape index (κ3) is 4.94. The Morgan fingerprint density at radius 3 is 2.27 bits per heavy atom. The van der Waals surface area contributed by atoms with Crippen LogP contribution in [0, 0.1) is 5.92 Å². The predicted octanol–water partition coefficient (Wildman–Crippen LogP) is 2.39. The van der Waals surface area contributed by atoms with Crippen molar-refractivity contribution in [1.29, 1.82) is 0 Å². The molecule has 0 spiro atoms. The molecule has 1 aliphatic rings. The normalized spacial score (nSPS) is 18.5. The van der Waals surface area contributed by atoms with Crippen molar-refractivity contribution in [3.05, 3.63) is 0 Å². The smallest absolute Gasteiger partial charge is 0.0748 e. The quantitative estimate of drug-likeness (QED) is 0.682. The molecule has 0 aromatic carbocycles. The van der Waals surface area contributed by atoms with Crippen LogP contribution in [0.15, 0.2) is 0 Å². The van der Waals surface area contributed by atoms with E-state index < -0.39 is 0 Å². The van der Waals surface area contributed by atoms with Gasteiger partial charge in [0.1, 0.15) is 0 Å². The highest BCUT2D eigenvalue weighted by molar-refractivity contribution is 7.80. The first-order valence-electron chi connectivity index (χ1n) is 6.07. The van der Waals surface area contributed by atoms with E-state index in [1.807, 2.05) is 6.92 Å². The second kappa shape index (κ2) is 6.44. The minimum Gasteiger partial charge on any atom is -0.364 e. The van der Waals surface area contributed by atoms with Gasteiger partial charge in [-0.25, -0.2) is 0 Å². The van der Waals surface area contributed by atoms with Crippen LogP contribution < -0.4 is 0 Å². The second-order valence-electron chi connectivity index (χ2n) is 4.88. The zero-order valence-electron chi connectivity index (χ0n) is 10.3. The van der Waals surface area contributed by atoms with Crippen molar-refractivity contribution in [3.8, 4) is 0 Å². The van der Waals surface area contributed by atoms with Crippen molar-refractivity contribution < 1.29 is 0 Å². The molecule has 0 aliphatic carbocycles. The lowest BCUT2D eigenvalue weighted by molar-refractivity contribution is 0.179. The molecule has 0 bridgehead atoms. The molecule has 1 rings (SSSR count). The summed E-state index contributed by atoms with van der Waals surface area (Å²) in [7, 11) is 0. The van der Waals surface area contributed by atoms with Crippen LogP contribution in [0.2, 0.25) is 0 Å². The highest BCUT2D eigenvalue weighted by Crippen LogP contribution is 2.07. The van der Waals surface area contributed by atoms with Gasteiger partial charge >= 0.3 is 0 Å². The average molecular weight is 228 g/mol. The Labute approximate surface area is 99.6 Å². The molecular formula is C12H24N2S. The molecule has 15 heavy (non-hydrogen) atoms. The van der Waals surface area contributed by atoms with Crippen LogP contribution >= 0.6 is 12.2 Å². The summed E-state index contributed by atoms with van der Waals surface area (Å²) in [4.78, 5) is 5.93. The third-order valence-electron chi connectivity index (χ3n) is 3.07. The maximum Gasteiger partial charge on any atom is 0.0748 e. The fourth-order valence-corrected chi connectivity index (χ4v) is 2.19. The average Bonchev–Trinajstić information content (AvgIpc) is 2.18. The van der Waals surface area contributed by atoms with Crippen molar-refractivity contribution in [2.75, 3.05) is 32.7 Å². The Kier molecular flexibility index (Phi) is 5.54. The van der Waals surface area contributed by atoms with E-state index in [-0.39, 0.29) is 0 Å². The maximum atomic E-state index is 5.18. The zero-order valence-corrected chi connectivity index (χ0v) is 11.1. The van der Waals surface area contributed by atoms with Gasteiger partial charge in [-0.15, -0.1) is 0 Å². The fourth-order valence-electron chi connectivity index (χ4n) is 2.01. The molecule has 88 valence electrons. The first-order chi connectivity index (χ1) is 7.09. The van der Waals surface area contributed by atoms with Crippen LogP contribution in [0.4, 0.5) is 0 Å². The van der Waals surface area contributed by atoms with Gasteiger partial charge in [0.2, 0.25) is 0 Å². The molecule has 0 aromatic rings. The molecule has 3 heteroatoms. The molecule has 0 amide bonds. The van der Waals surface area contributed by atoms with Crippen LogP contribution in [-0.2, 0) is 0 Å². The van der Waals surface area contributed by atoms with Crippen LogP contribution in [0.25, 0.3) is 0 Å².